The van der Waals surface area contributed by atoms with Gasteiger partial charge in [0.2, 0.25) is 0 Å². The molecule has 0 amide bonds. The zero-order valence-corrected chi connectivity index (χ0v) is 7.34. The SMILES string of the molecule is Cc1nncn1CCCN.Cl. The van der Waals surface area contributed by atoms with Crippen LogP contribution in [-0.4, -0.2) is 21.3 Å². The van der Waals surface area contributed by atoms with Gasteiger partial charge in [-0.15, -0.1) is 22.6 Å². The molecule has 0 unspecified atom stereocenters. The molecule has 0 aliphatic heterocycles. The largest absolute Gasteiger partial charge is 0.330 e. The van der Waals surface area contributed by atoms with Crippen LogP contribution in [0.4, 0.5) is 0 Å². The summed E-state index contributed by atoms with van der Waals surface area (Å²) in [6.07, 6.45) is 2.71. The Morgan fingerprint density at radius 3 is 2.82 bits per heavy atom. The summed E-state index contributed by atoms with van der Waals surface area (Å²) in [7, 11) is 0. The van der Waals surface area contributed by atoms with E-state index in [0.717, 1.165) is 25.3 Å². The highest BCUT2D eigenvalue weighted by Gasteiger charge is 1.94. The van der Waals surface area contributed by atoms with Gasteiger partial charge in [-0.05, 0) is 19.9 Å². The first-order chi connectivity index (χ1) is 4.84. The molecule has 0 fully saturated rings. The molecule has 1 aromatic rings. The molecule has 2 N–H and O–H groups in total. The smallest absolute Gasteiger partial charge is 0.129 e. The number of hydrogen-bond donors (Lipinski definition) is 1. The van der Waals surface area contributed by atoms with Crippen molar-refractivity contribution in [1.29, 1.82) is 0 Å². The molecule has 0 saturated carbocycles. The first-order valence-electron chi connectivity index (χ1n) is 3.39. The van der Waals surface area contributed by atoms with E-state index in [1.807, 2.05) is 11.5 Å². The van der Waals surface area contributed by atoms with Gasteiger partial charge in [0.05, 0.1) is 0 Å². The van der Waals surface area contributed by atoms with Crippen LogP contribution in [0.1, 0.15) is 12.2 Å². The number of hydrogen-bond acceptors (Lipinski definition) is 3. The molecule has 0 aliphatic rings. The van der Waals surface area contributed by atoms with Gasteiger partial charge < -0.3 is 10.3 Å². The predicted octanol–water partition coefficient (Wildman–Crippen LogP) is 0.357. The second-order valence-electron chi connectivity index (χ2n) is 2.21. The molecule has 0 atom stereocenters. The maximum atomic E-state index is 5.34. The van der Waals surface area contributed by atoms with Crippen LogP contribution in [0.2, 0.25) is 0 Å². The van der Waals surface area contributed by atoms with E-state index in [0.29, 0.717) is 0 Å². The molecule has 0 saturated heterocycles. The molecule has 0 spiro atoms. The molecule has 4 nitrogen and oxygen atoms in total. The molecule has 0 bridgehead atoms. The Morgan fingerprint density at radius 1 is 1.64 bits per heavy atom. The maximum Gasteiger partial charge on any atom is 0.129 e. The average Bonchev–Trinajstić information content (AvgIpc) is 2.31. The first-order valence-corrected chi connectivity index (χ1v) is 3.39. The number of aryl methyl sites for hydroxylation is 2. The van der Waals surface area contributed by atoms with Gasteiger partial charge in [0, 0.05) is 6.54 Å². The van der Waals surface area contributed by atoms with Gasteiger partial charge in [0.25, 0.3) is 0 Å². The van der Waals surface area contributed by atoms with Gasteiger partial charge in [-0.3, -0.25) is 0 Å². The zero-order valence-electron chi connectivity index (χ0n) is 6.53. The van der Waals surface area contributed by atoms with Crippen molar-refractivity contribution in [2.75, 3.05) is 6.54 Å². The molecule has 0 aromatic carbocycles. The summed E-state index contributed by atoms with van der Waals surface area (Å²) in [5, 5.41) is 7.59. The van der Waals surface area contributed by atoms with Crippen molar-refractivity contribution in [1.82, 2.24) is 14.8 Å². The lowest BCUT2D eigenvalue weighted by atomic mass is 10.4. The summed E-state index contributed by atoms with van der Waals surface area (Å²) < 4.78 is 1.99. The van der Waals surface area contributed by atoms with Crippen molar-refractivity contribution in [2.24, 2.45) is 5.73 Å². The highest BCUT2D eigenvalue weighted by Crippen LogP contribution is 1.92. The molecule has 0 radical (unpaired) electrons. The highest BCUT2D eigenvalue weighted by atomic mass is 35.5. The van der Waals surface area contributed by atoms with E-state index in [-0.39, 0.29) is 12.4 Å². The molecule has 1 aromatic heterocycles. The van der Waals surface area contributed by atoms with Crippen LogP contribution in [0.25, 0.3) is 0 Å². The summed E-state index contributed by atoms with van der Waals surface area (Å²) in [6, 6.07) is 0. The lowest BCUT2D eigenvalue weighted by Gasteiger charge is -1.99. The fourth-order valence-corrected chi connectivity index (χ4v) is 0.794. The number of aromatic nitrogens is 3. The van der Waals surface area contributed by atoms with Gasteiger partial charge in [-0.2, -0.15) is 0 Å². The standard InChI is InChI=1S/C6H12N4.ClH/c1-6-9-8-5-10(6)4-2-3-7;/h5H,2-4,7H2,1H3;1H. The number of rotatable bonds is 3. The second-order valence-corrected chi connectivity index (χ2v) is 2.21. The second kappa shape index (κ2) is 5.09. The molecule has 1 heterocycles. The number of halogens is 1. The summed E-state index contributed by atoms with van der Waals surface area (Å²) >= 11 is 0. The fraction of sp³-hybridized carbons (Fsp3) is 0.667. The fourth-order valence-electron chi connectivity index (χ4n) is 0.794. The van der Waals surface area contributed by atoms with Gasteiger partial charge >= 0.3 is 0 Å². The third-order valence-corrected chi connectivity index (χ3v) is 1.41. The van der Waals surface area contributed by atoms with Crippen molar-refractivity contribution in [3.8, 4) is 0 Å². The molecule has 0 aliphatic carbocycles. The Balaban J connectivity index is 0.000001000. The molecular weight excluding hydrogens is 164 g/mol. The topological polar surface area (TPSA) is 56.7 Å². The summed E-state index contributed by atoms with van der Waals surface area (Å²) in [6.45, 7) is 3.58. The minimum absolute atomic E-state index is 0. The van der Waals surface area contributed by atoms with Crippen molar-refractivity contribution in [2.45, 2.75) is 19.9 Å². The first kappa shape index (κ1) is 10.4. The van der Waals surface area contributed by atoms with Crippen molar-refractivity contribution in [3.05, 3.63) is 12.2 Å². The molecule has 11 heavy (non-hydrogen) atoms. The van der Waals surface area contributed by atoms with Gasteiger partial charge in [-0.1, -0.05) is 0 Å². The van der Waals surface area contributed by atoms with Crippen molar-refractivity contribution < 1.29 is 0 Å². The third kappa shape index (κ3) is 2.86. The van der Waals surface area contributed by atoms with E-state index >= 15 is 0 Å². The Morgan fingerprint density at radius 2 is 2.36 bits per heavy atom. The van der Waals surface area contributed by atoms with Crippen LogP contribution >= 0.6 is 12.4 Å². The summed E-state index contributed by atoms with van der Waals surface area (Å²) in [4.78, 5) is 0. The van der Waals surface area contributed by atoms with E-state index in [4.69, 9.17) is 5.73 Å². The predicted molar refractivity (Wildman–Crippen MR) is 45.7 cm³/mol. The summed E-state index contributed by atoms with van der Waals surface area (Å²) in [5.74, 6) is 0.952. The summed E-state index contributed by atoms with van der Waals surface area (Å²) in [5.41, 5.74) is 5.34. The normalized spacial score (nSPS) is 9.27. The monoisotopic (exact) mass is 176 g/mol. The van der Waals surface area contributed by atoms with E-state index in [1.165, 1.54) is 0 Å². The van der Waals surface area contributed by atoms with Crippen LogP contribution in [0, 0.1) is 6.92 Å². The Labute approximate surface area is 72.2 Å². The molecule has 1 rings (SSSR count). The van der Waals surface area contributed by atoms with E-state index in [1.54, 1.807) is 6.33 Å². The van der Waals surface area contributed by atoms with Crippen LogP contribution < -0.4 is 5.73 Å². The number of nitrogens with zero attached hydrogens (tertiary/aromatic N) is 3. The average molecular weight is 177 g/mol. The lowest BCUT2D eigenvalue weighted by Crippen LogP contribution is -2.06. The van der Waals surface area contributed by atoms with Crippen molar-refractivity contribution >= 4 is 12.4 Å². The maximum absolute atomic E-state index is 5.34. The Kier molecular flexibility index (Phi) is 4.81. The van der Waals surface area contributed by atoms with Gasteiger partial charge in [0.15, 0.2) is 0 Å². The zero-order chi connectivity index (χ0) is 7.40. The molecule has 64 valence electrons. The van der Waals surface area contributed by atoms with Gasteiger partial charge in [-0.25, -0.2) is 0 Å². The Bertz CT molecular complexity index is 198. The van der Waals surface area contributed by atoms with Crippen molar-refractivity contribution in [3.63, 3.8) is 0 Å². The third-order valence-electron chi connectivity index (χ3n) is 1.41. The van der Waals surface area contributed by atoms with Crippen LogP contribution in [-0.2, 0) is 6.54 Å². The van der Waals surface area contributed by atoms with E-state index < -0.39 is 0 Å². The quantitative estimate of drug-likeness (QED) is 0.724. The highest BCUT2D eigenvalue weighted by molar-refractivity contribution is 5.85. The van der Waals surface area contributed by atoms with Crippen LogP contribution in [0.3, 0.4) is 0 Å². The van der Waals surface area contributed by atoms with E-state index in [2.05, 4.69) is 10.2 Å². The number of nitrogens with two attached hydrogens (primary N) is 1. The van der Waals surface area contributed by atoms with Gasteiger partial charge in [0.1, 0.15) is 12.2 Å². The van der Waals surface area contributed by atoms with E-state index in [9.17, 15) is 0 Å². The minimum Gasteiger partial charge on any atom is -0.330 e. The molecule has 5 heteroatoms. The van der Waals surface area contributed by atoms with Crippen LogP contribution in [0.5, 0.6) is 0 Å². The van der Waals surface area contributed by atoms with Crippen LogP contribution in [0.15, 0.2) is 6.33 Å². The lowest BCUT2D eigenvalue weighted by molar-refractivity contribution is 0.632. The molecular formula is C6H13ClN4. The Hall–Kier alpha value is -0.610. The minimum atomic E-state index is 0.